The van der Waals surface area contributed by atoms with Gasteiger partial charge in [-0.05, 0) is 29.5 Å². The highest BCUT2D eigenvalue weighted by Crippen LogP contribution is 2.07. The SMILES string of the molecule is Cc1nn(CC(=O)O)cc1I. The first-order valence-electron chi connectivity index (χ1n) is 3.01. The van der Waals surface area contributed by atoms with Crippen LogP contribution in [0.1, 0.15) is 5.69 Å². The van der Waals surface area contributed by atoms with Gasteiger partial charge in [-0.1, -0.05) is 0 Å². The van der Waals surface area contributed by atoms with E-state index in [1.54, 1.807) is 6.20 Å². The van der Waals surface area contributed by atoms with Gasteiger partial charge in [0.1, 0.15) is 6.54 Å². The van der Waals surface area contributed by atoms with Gasteiger partial charge in [-0.2, -0.15) is 5.10 Å². The quantitative estimate of drug-likeness (QED) is 0.808. The third-order valence-electron chi connectivity index (χ3n) is 1.18. The summed E-state index contributed by atoms with van der Waals surface area (Å²) in [6.07, 6.45) is 1.71. The molecule has 11 heavy (non-hydrogen) atoms. The normalized spacial score (nSPS) is 10.0. The fourth-order valence-corrected chi connectivity index (χ4v) is 1.14. The first kappa shape index (κ1) is 8.51. The van der Waals surface area contributed by atoms with E-state index in [4.69, 9.17) is 5.11 Å². The van der Waals surface area contributed by atoms with Gasteiger partial charge in [0.2, 0.25) is 0 Å². The van der Waals surface area contributed by atoms with Crippen molar-refractivity contribution in [2.45, 2.75) is 13.5 Å². The number of aryl methyl sites for hydroxylation is 1. The largest absolute Gasteiger partial charge is 0.480 e. The van der Waals surface area contributed by atoms with Crippen molar-refractivity contribution >= 4 is 28.6 Å². The van der Waals surface area contributed by atoms with E-state index in [-0.39, 0.29) is 6.54 Å². The zero-order valence-corrected chi connectivity index (χ0v) is 8.07. The van der Waals surface area contributed by atoms with Gasteiger partial charge in [-0.15, -0.1) is 0 Å². The molecule has 1 aromatic heterocycles. The molecule has 1 rings (SSSR count). The molecular weight excluding hydrogens is 259 g/mol. The molecule has 5 heteroatoms. The highest BCUT2D eigenvalue weighted by atomic mass is 127. The number of nitrogens with zero attached hydrogens (tertiary/aromatic N) is 2. The molecule has 0 spiro atoms. The Kier molecular flexibility index (Phi) is 2.48. The van der Waals surface area contributed by atoms with Crippen LogP contribution in [-0.2, 0) is 11.3 Å². The van der Waals surface area contributed by atoms with Crippen LogP contribution < -0.4 is 0 Å². The summed E-state index contributed by atoms with van der Waals surface area (Å²) in [5.74, 6) is -0.871. The second-order valence-corrected chi connectivity index (χ2v) is 3.32. The molecule has 0 amide bonds. The van der Waals surface area contributed by atoms with Crippen molar-refractivity contribution in [1.29, 1.82) is 0 Å². The minimum atomic E-state index is -0.871. The predicted molar refractivity (Wildman–Crippen MR) is 47.3 cm³/mol. The van der Waals surface area contributed by atoms with Crippen LogP contribution in [0, 0.1) is 10.5 Å². The third kappa shape index (κ3) is 2.18. The van der Waals surface area contributed by atoms with Crippen molar-refractivity contribution in [2.75, 3.05) is 0 Å². The maximum Gasteiger partial charge on any atom is 0.325 e. The summed E-state index contributed by atoms with van der Waals surface area (Å²) in [5.41, 5.74) is 0.867. The van der Waals surface area contributed by atoms with Crippen molar-refractivity contribution in [3.05, 3.63) is 15.5 Å². The van der Waals surface area contributed by atoms with Crippen molar-refractivity contribution in [3.63, 3.8) is 0 Å². The van der Waals surface area contributed by atoms with Crippen LogP contribution in [0.25, 0.3) is 0 Å². The maximum absolute atomic E-state index is 10.2. The van der Waals surface area contributed by atoms with Crippen LogP contribution in [0.5, 0.6) is 0 Å². The van der Waals surface area contributed by atoms with Crippen LogP contribution in [0.2, 0.25) is 0 Å². The third-order valence-corrected chi connectivity index (χ3v) is 2.24. The molecule has 1 aromatic rings. The Labute approximate surface area is 77.4 Å². The van der Waals surface area contributed by atoms with E-state index >= 15 is 0 Å². The molecule has 0 aliphatic heterocycles. The topological polar surface area (TPSA) is 55.1 Å². The molecule has 0 aliphatic carbocycles. The van der Waals surface area contributed by atoms with E-state index in [0.717, 1.165) is 9.26 Å². The number of carboxylic acid groups (broad SMARTS) is 1. The molecule has 0 atom stereocenters. The van der Waals surface area contributed by atoms with E-state index in [1.165, 1.54) is 4.68 Å². The van der Waals surface area contributed by atoms with Gasteiger partial charge in [0.25, 0.3) is 0 Å². The van der Waals surface area contributed by atoms with Crippen LogP contribution in [0.15, 0.2) is 6.20 Å². The molecule has 1 heterocycles. The summed E-state index contributed by atoms with van der Waals surface area (Å²) >= 11 is 2.12. The molecule has 0 radical (unpaired) electrons. The van der Waals surface area contributed by atoms with Crippen LogP contribution >= 0.6 is 22.6 Å². The van der Waals surface area contributed by atoms with E-state index in [9.17, 15) is 4.79 Å². The summed E-state index contributed by atoms with van der Waals surface area (Å²) in [6.45, 7) is 1.78. The fourth-order valence-electron chi connectivity index (χ4n) is 0.713. The zero-order chi connectivity index (χ0) is 8.43. The van der Waals surface area contributed by atoms with Crippen LogP contribution in [0.3, 0.4) is 0 Å². The van der Waals surface area contributed by atoms with Gasteiger partial charge < -0.3 is 5.11 Å². The lowest BCUT2D eigenvalue weighted by molar-refractivity contribution is -0.137. The Hall–Kier alpha value is -0.590. The Morgan fingerprint density at radius 1 is 1.91 bits per heavy atom. The number of hydrogen-bond acceptors (Lipinski definition) is 2. The Morgan fingerprint density at radius 2 is 2.55 bits per heavy atom. The van der Waals surface area contributed by atoms with Crippen molar-refractivity contribution in [3.8, 4) is 0 Å². The van der Waals surface area contributed by atoms with Crippen molar-refractivity contribution in [1.82, 2.24) is 9.78 Å². The average molecular weight is 266 g/mol. The van der Waals surface area contributed by atoms with Crippen LogP contribution in [0.4, 0.5) is 0 Å². The summed E-state index contributed by atoms with van der Waals surface area (Å²) in [5, 5.41) is 12.4. The smallest absolute Gasteiger partial charge is 0.325 e. The number of carboxylic acids is 1. The van der Waals surface area contributed by atoms with Crippen LogP contribution in [-0.4, -0.2) is 20.9 Å². The van der Waals surface area contributed by atoms with Gasteiger partial charge in [-0.3, -0.25) is 9.48 Å². The molecule has 0 unspecified atom stereocenters. The molecular formula is C6H7IN2O2. The van der Waals surface area contributed by atoms with Gasteiger partial charge in [0.15, 0.2) is 0 Å². The van der Waals surface area contributed by atoms with Gasteiger partial charge in [0, 0.05) is 6.20 Å². The fraction of sp³-hybridized carbons (Fsp3) is 0.333. The number of aliphatic carboxylic acids is 1. The van der Waals surface area contributed by atoms with Crippen molar-refractivity contribution < 1.29 is 9.90 Å². The summed E-state index contributed by atoms with van der Waals surface area (Å²) < 4.78 is 2.41. The Bertz CT molecular complexity index is 263. The lowest BCUT2D eigenvalue weighted by atomic mass is 10.5. The molecule has 0 saturated carbocycles. The zero-order valence-electron chi connectivity index (χ0n) is 5.91. The number of hydrogen-bond donors (Lipinski definition) is 1. The number of aromatic nitrogens is 2. The molecule has 0 bridgehead atoms. The number of halogens is 1. The Balaban J connectivity index is 2.81. The molecule has 1 N–H and O–H groups in total. The second kappa shape index (κ2) is 3.21. The van der Waals surface area contributed by atoms with E-state index in [1.807, 2.05) is 6.92 Å². The molecule has 60 valence electrons. The van der Waals surface area contributed by atoms with E-state index in [0.29, 0.717) is 0 Å². The first-order chi connectivity index (χ1) is 5.09. The van der Waals surface area contributed by atoms with E-state index in [2.05, 4.69) is 27.7 Å². The van der Waals surface area contributed by atoms with E-state index < -0.39 is 5.97 Å². The summed E-state index contributed by atoms with van der Waals surface area (Å²) in [7, 11) is 0. The Morgan fingerprint density at radius 3 is 2.91 bits per heavy atom. The summed E-state index contributed by atoms with van der Waals surface area (Å²) in [4.78, 5) is 10.2. The number of rotatable bonds is 2. The highest BCUT2D eigenvalue weighted by molar-refractivity contribution is 14.1. The summed E-state index contributed by atoms with van der Waals surface area (Å²) in [6, 6.07) is 0. The lowest BCUT2D eigenvalue weighted by Crippen LogP contribution is -2.08. The molecule has 0 aromatic carbocycles. The minimum absolute atomic E-state index is 0.0656. The molecule has 0 fully saturated rings. The maximum atomic E-state index is 10.2. The van der Waals surface area contributed by atoms with Gasteiger partial charge in [-0.25, -0.2) is 0 Å². The molecule has 4 nitrogen and oxygen atoms in total. The monoisotopic (exact) mass is 266 g/mol. The highest BCUT2D eigenvalue weighted by Gasteiger charge is 2.03. The van der Waals surface area contributed by atoms with Gasteiger partial charge in [0.05, 0.1) is 9.26 Å². The second-order valence-electron chi connectivity index (χ2n) is 2.15. The first-order valence-corrected chi connectivity index (χ1v) is 4.09. The van der Waals surface area contributed by atoms with Crippen molar-refractivity contribution in [2.24, 2.45) is 0 Å². The predicted octanol–water partition coefficient (Wildman–Crippen LogP) is 0.881. The molecule has 0 saturated heterocycles. The molecule has 0 aliphatic rings. The lowest BCUT2D eigenvalue weighted by Gasteiger charge is -1.92. The standard InChI is InChI=1S/C6H7IN2O2/c1-4-5(7)2-9(8-4)3-6(10)11/h2H,3H2,1H3,(H,10,11). The van der Waals surface area contributed by atoms with Gasteiger partial charge >= 0.3 is 5.97 Å². The number of carbonyl (C=O) groups is 1. The average Bonchev–Trinajstić information content (AvgIpc) is 2.10. The minimum Gasteiger partial charge on any atom is -0.480 e.